The molecule has 0 fully saturated rings. The Morgan fingerprint density at radius 2 is 1.93 bits per heavy atom. The third kappa shape index (κ3) is 3.73. The van der Waals surface area contributed by atoms with Crippen LogP contribution in [-0.2, 0) is 13.6 Å². The summed E-state index contributed by atoms with van der Waals surface area (Å²) in [5, 5.41) is 23.1. The minimum atomic E-state index is -4.81. The summed E-state index contributed by atoms with van der Waals surface area (Å²) in [6.45, 7) is -0.816. The molecule has 30 heavy (non-hydrogen) atoms. The van der Waals surface area contributed by atoms with E-state index in [0.717, 1.165) is 12.1 Å². The Morgan fingerprint density at radius 3 is 2.53 bits per heavy atom. The molecule has 0 amide bonds. The molecule has 0 bridgehead atoms. The van der Waals surface area contributed by atoms with Gasteiger partial charge in [0.1, 0.15) is 23.8 Å². The molecule has 12 heteroatoms. The molecule has 1 N–H and O–H groups in total. The molecule has 158 valence electrons. The molecule has 0 aliphatic carbocycles. The normalized spacial score (nSPS) is 16.4. The Labute approximate surface area is 167 Å². The Kier molecular flexibility index (Phi) is 4.94. The van der Waals surface area contributed by atoms with Gasteiger partial charge in [0.05, 0.1) is 12.7 Å². The first kappa shape index (κ1) is 19.9. The lowest BCUT2D eigenvalue weighted by Crippen LogP contribution is -2.30. The number of aliphatic hydroxyl groups is 1. The van der Waals surface area contributed by atoms with Crippen LogP contribution < -0.4 is 9.64 Å². The topological polar surface area (TPSA) is 81.2 Å². The fourth-order valence-electron chi connectivity index (χ4n) is 3.22. The summed E-state index contributed by atoms with van der Waals surface area (Å²) < 4.78 is 56.9. The van der Waals surface area contributed by atoms with Crippen molar-refractivity contribution >= 4 is 11.3 Å². The van der Waals surface area contributed by atoms with E-state index in [9.17, 15) is 22.7 Å². The maximum absolute atomic E-state index is 13.0. The van der Waals surface area contributed by atoms with Gasteiger partial charge < -0.3 is 14.7 Å². The third-order valence-corrected chi connectivity index (χ3v) is 4.49. The molecule has 3 heterocycles. The fraction of sp³-hybridized carbons (Fsp3) is 0.278. The number of aromatic nitrogens is 5. The summed E-state index contributed by atoms with van der Waals surface area (Å²) >= 11 is 0. The van der Waals surface area contributed by atoms with Gasteiger partial charge in [0.25, 0.3) is 0 Å². The predicted molar refractivity (Wildman–Crippen MR) is 96.8 cm³/mol. The smallest absolute Gasteiger partial charge is 0.406 e. The molecular weight excluding hydrogens is 408 g/mol. The molecule has 0 saturated carbocycles. The number of aliphatic hydroxyl groups excluding tert-OH is 1. The molecule has 1 aromatic carbocycles. The van der Waals surface area contributed by atoms with Crippen molar-refractivity contribution in [3.8, 4) is 5.75 Å². The number of rotatable bonds is 5. The average Bonchev–Trinajstić information content (AvgIpc) is 3.29. The second kappa shape index (κ2) is 7.44. The summed E-state index contributed by atoms with van der Waals surface area (Å²) in [4.78, 5) is 1.43. The Morgan fingerprint density at radius 1 is 1.20 bits per heavy atom. The highest BCUT2D eigenvalue weighted by Crippen LogP contribution is 2.38. The van der Waals surface area contributed by atoms with Crippen molar-refractivity contribution in [2.24, 2.45) is 7.05 Å². The van der Waals surface area contributed by atoms with Crippen molar-refractivity contribution in [2.75, 3.05) is 11.6 Å². The lowest BCUT2D eigenvalue weighted by atomic mass is 10.0. The zero-order valence-corrected chi connectivity index (χ0v) is 15.6. The quantitative estimate of drug-likeness (QED) is 0.635. The van der Waals surface area contributed by atoms with Gasteiger partial charge >= 0.3 is 6.36 Å². The molecule has 2 aromatic heterocycles. The van der Waals surface area contributed by atoms with E-state index in [1.165, 1.54) is 21.7 Å². The van der Waals surface area contributed by atoms with E-state index in [0.29, 0.717) is 22.5 Å². The maximum Gasteiger partial charge on any atom is 0.573 e. The molecule has 8 nitrogen and oxygen atoms in total. The number of aryl methyl sites for hydroxylation is 2. The predicted octanol–water partition coefficient (Wildman–Crippen LogP) is 2.78. The lowest BCUT2D eigenvalue weighted by Gasteiger charge is -2.31. The second-order valence-electron chi connectivity index (χ2n) is 6.50. The van der Waals surface area contributed by atoms with Gasteiger partial charge in [-0.15, -0.1) is 18.3 Å². The number of nitrogens with zero attached hydrogens (tertiary/aromatic N) is 6. The largest absolute Gasteiger partial charge is 0.573 e. The van der Waals surface area contributed by atoms with Gasteiger partial charge in [0, 0.05) is 36.3 Å². The first-order valence-electron chi connectivity index (χ1n) is 8.79. The number of alkyl halides is 4. The molecule has 1 atom stereocenters. The highest BCUT2D eigenvalue weighted by atomic mass is 19.4. The zero-order valence-electron chi connectivity index (χ0n) is 15.6. The van der Waals surface area contributed by atoms with Crippen LogP contribution in [0.1, 0.15) is 23.2 Å². The van der Waals surface area contributed by atoms with Crippen LogP contribution in [0, 0.1) is 0 Å². The number of benzene rings is 1. The Hall–Kier alpha value is -3.41. The first-order chi connectivity index (χ1) is 14.3. The van der Waals surface area contributed by atoms with E-state index in [1.54, 1.807) is 30.3 Å². The van der Waals surface area contributed by atoms with Crippen LogP contribution in [0.4, 0.5) is 23.2 Å². The monoisotopic (exact) mass is 424 g/mol. The number of anilines is 1. The van der Waals surface area contributed by atoms with Crippen molar-refractivity contribution in [3.05, 3.63) is 59.8 Å². The SMILES string of the molecule is Cn1cc(C2=CN(c3ccc(OC(F)(F)F)cc3)C(O)c3c2nnn3CCF)cn1. The van der Waals surface area contributed by atoms with Crippen LogP contribution in [0.5, 0.6) is 5.75 Å². The fourth-order valence-corrected chi connectivity index (χ4v) is 3.22. The lowest BCUT2D eigenvalue weighted by molar-refractivity contribution is -0.274. The van der Waals surface area contributed by atoms with Gasteiger partial charge in [-0.3, -0.25) is 4.68 Å². The van der Waals surface area contributed by atoms with E-state index >= 15 is 0 Å². The van der Waals surface area contributed by atoms with Crippen LogP contribution in [0.15, 0.2) is 42.9 Å². The van der Waals surface area contributed by atoms with Crippen molar-refractivity contribution in [3.63, 3.8) is 0 Å². The van der Waals surface area contributed by atoms with E-state index < -0.39 is 19.3 Å². The molecular formula is C18H16F4N6O2. The number of hydrogen-bond acceptors (Lipinski definition) is 6. The standard InChI is InChI=1S/C18H16F4N6O2/c1-26-9-11(8-23-26)14-10-27(12-2-4-13(5-3-12)30-18(20,21)22)17(29)16-15(14)24-25-28(16)7-6-19/h2-5,8-10,17,29H,6-7H2,1H3. The van der Waals surface area contributed by atoms with Gasteiger partial charge in [0.15, 0.2) is 6.23 Å². The van der Waals surface area contributed by atoms with Gasteiger partial charge in [-0.2, -0.15) is 5.10 Å². The summed E-state index contributed by atoms with van der Waals surface area (Å²) in [5.74, 6) is -0.390. The number of halogens is 4. The maximum atomic E-state index is 13.0. The molecule has 0 spiro atoms. The molecule has 1 unspecified atom stereocenters. The molecule has 1 aliphatic heterocycles. The van der Waals surface area contributed by atoms with Gasteiger partial charge in [-0.05, 0) is 24.3 Å². The first-order valence-corrected chi connectivity index (χ1v) is 8.79. The Bertz CT molecular complexity index is 1070. The van der Waals surface area contributed by atoms with E-state index in [2.05, 4.69) is 20.1 Å². The third-order valence-electron chi connectivity index (χ3n) is 4.49. The van der Waals surface area contributed by atoms with Gasteiger partial charge in [-0.25, -0.2) is 9.07 Å². The molecule has 0 saturated heterocycles. The highest BCUT2D eigenvalue weighted by Gasteiger charge is 2.34. The molecule has 4 rings (SSSR count). The van der Waals surface area contributed by atoms with Crippen molar-refractivity contribution in [1.82, 2.24) is 24.8 Å². The van der Waals surface area contributed by atoms with E-state index in [-0.39, 0.29) is 18.0 Å². The minimum absolute atomic E-state index is 0.105. The van der Waals surface area contributed by atoms with Crippen LogP contribution in [-0.4, -0.2) is 42.9 Å². The average molecular weight is 424 g/mol. The van der Waals surface area contributed by atoms with Crippen molar-refractivity contribution < 1.29 is 27.4 Å². The van der Waals surface area contributed by atoms with E-state index in [4.69, 9.17) is 0 Å². The zero-order chi connectivity index (χ0) is 21.5. The van der Waals surface area contributed by atoms with Crippen LogP contribution in [0.25, 0.3) is 5.57 Å². The van der Waals surface area contributed by atoms with Gasteiger partial charge in [0.2, 0.25) is 0 Å². The Balaban J connectivity index is 1.76. The highest BCUT2D eigenvalue weighted by molar-refractivity contribution is 5.82. The van der Waals surface area contributed by atoms with Crippen LogP contribution >= 0.6 is 0 Å². The molecule has 1 aliphatic rings. The number of fused-ring (bicyclic) bond motifs is 1. The number of hydrogen-bond donors (Lipinski definition) is 1. The van der Waals surface area contributed by atoms with E-state index in [1.807, 2.05) is 0 Å². The number of ether oxygens (including phenoxy) is 1. The summed E-state index contributed by atoms with van der Waals surface area (Å²) in [6, 6.07) is 5.02. The van der Waals surface area contributed by atoms with Crippen LogP contribution in [0.3, 0.4) is 0 Å². The summed E-state index contributed by atoms with van der Waals surface area (Å²) in [7, 11) is 1.74. The summed E-state index contributed by atoms with van der Waals surface area (Å²) in [5.41, 5.74) is 2.28. The van der Waals surface area contributed by atoms with Crippen molar-refractivity contribution in [1.29, 1.82) is 0 Å². The second-order valence-corrected chi connectivity index (χ2v) is 6.50. The van der Waals surface area contributed by atoms with Crippen molar-refractivity contribution in [2.45, 2.75) is 19.1 Å². The minimum Gasteiger partial charge on any atom is -0.406 e. The molecule has 0 radical (unpaired) electrons. The summed E-state index contributed by atoms with van der Waals surface area (Å²) in [6.07, 6.45) is -1.16. The van der Waals surface area contributed by atoms with Crippen LogP contribution in [0.2, 0.25) is 0 Å². The van der Waals surface area contributed by atoms with Gasteiger partial charge in [-0.1, -0.05) is 5.21 Å². The molecule has 3 aromatic rings.